The van der Waals surface area contributed by atoms with Gasteiger partial charge in [-0.15, -0.1) is 0 Å². The van der Waals surface area contributed by atoms with Gasteiger partial charge in [0.05, 0.1) is 6.61 Å². The number of ether oxygens (including phenoxy) is 2. The first kappa shape index (κ1) is 11.1. The van der Waals surface area contributed by atoms with Crippen LogP contribution in [0.3, 0.4) is 0 Å². The quantitative estimate of drug-likeness (QED) is 0.836. The zero-order valence-electron chi connectivity index (χ0n) is 9.69. The first-order valence-electron chi connectivity index (χ1n) is 5.44. The van der Waals surface area contributed by atoms with E-state index in [4.69, 9.17) is 14.6 Å². The van der Waals surface area contributed by atoms with Gasteiger partial charge in [-0.3, -0.25) is 0 Å². The molecule has 1 aromatic rings. The topological polar surface area (TPSA) is 41.9 Å². The van der Waals surface area contributed by atoms with Crippen LogP contribution in [0.4, 0.5) is 5.69 Å². The van der Waals surface area contributed by atoms with E-state index in [1.807, 2.05) is 31.0 Å². The maximum absolute atomic E-state index is 8.93. The zero-order chi connectivity index (χ0) is 11.5. The summed E-state index contributed by atoms with van der Waals surface area (Å²) in [6.07, 6.45) is 0. The molecule has 0 amide bonds. The smallest absolute Gasteiger partial charge is 0.163 e. The van der Waals surface area contributed by atoms with Crippen molar-refractivity contribution in [1.29, 1.82) is 0 Å². The van der Waals surface area contributed by atoms with E-state index in [0.717, 1.165) is 22.7 Å². The third kappa shape index (κ3) is 2.07. The Morgan fingerprint density at radius 2 is 1.88 bits per heavy atom. The lowest BCUT2D eigenvalue weighted by Crippen LogP contribution is -2.23. The average molecular weight is 223 g/mol. The summed E-state index contributed by atoms with van der Waals surface area (Å²) < 4.78 is 11.0. The van der Waals surface area contributed by atoms with Gasteiger partial charge in [0, 0.05) is 25.3 Å². The molecular weight excluding hydrogens is 206 g/mol. The average Bonchev–Trinajstić information content (AvgIpc) is 2.28. The van der Waals surface area contributed by atoms with Crippen molar-refractivity contribution in [1.82, 2.24) is 0 Å². The molecule has 1 aliphatic rings. The summed E-state index contributed by atoms with van der Waals surface area (Å²) >= 11 is 0. The van der Waals surface area contributed by atoms with Crippen molar-refractivity contribution in [2.24, 2.45) is 0 Å². The number of likely N-dealkylation sites (N-methyl/N-ethyl adjacent to an activating group) is 1. The summed E-state index contributed by atoms with van der Waals surface area (Å²) in [7, 11) is 1.95. The van der Waals surface area contributed by atoms with E-state index in [2.05, 4.69) is 0 Å². The van der Waals surface area contributed by atoms with E-state index in [9.17, 15) is 0 Å². The summed E-state index contributed by atoms with van der Waals surface area (Å²) in [5.74, 6) is 1.60. The minimum atomic E-state index is 0.143. The van der Waals surface area contributed by atoms with Crippen molar-refractivity contribution < 1.29 is 14.6 Å². The highest BCUT2D eigenvalue weighted by molar-refractivity contribution is 5.61. The molecule has 0 bridgehead atoms. The fraction of sp³-hybridized carbons (Fsp3) is 0.500. The van der Waals surface area contributed by atoms with Crippen molar-refractivity contribution in [3.63, 3.8) is 0 Å². The normalized spacial score (nSPS) is 13.7. The van der Waals surface area contributed by atoms with Crippen LogP contribution < -0.4 is 14.4 Å². The molecule has 0 atom stereocenters. The minimum absolute atomic E-state index is 0.143. The molecule has 0 radical (unpaired) electrons. The highest BCUT2D eigenvalue weighted by Gasteiger charge is 2.15. The van der Waals surface area contributed by atoms with Gasteiger partial charge in [-0.2, -0.15) is 0 Å². The Bertz CT molecular complexity index is 379. The maximum Gasteiger partial charge on any atom is 0.163 e. The van der Waals surface area contributed by atoms with Crippen molar-refractivity contribution in [3.05, 3.63) is 17.7 Å². The summed E-state index contributed by atoms with van der Waals surface area (Å²) in [6, 6.07) is 3.96. The molecule has 88 valence electrons. The molecule has 2 rings (SSSR count). The van der Waals surface area contributed by atoms with Crippen LogP contribution in [-0.2, 0) is 0 Å². The van der Waals surface area contributed by atoms with Gasteiger partial charge in [0.2, 0.25) is 0 Å². The summed E-state index contributed by atoms with van der Waals surface area (Å²) in [4.78, 5) is 2.01. The van der Waals surface area contributed by atoms with E-state index in [-0.39, 0.29) is 6.61 Å². The highest BCUT2D eigenvalue weighted by atomic mass is 16.6. The Morgan fingerprint density at radius 1 is 1.25 bits per heavy atom. The summed E-state index contributed by atoms with van der Waals surface area (Å²) in [5, 5.41) is 8.93. The number of aryl methyl sites for hydroxylation is 1. The molecule has 0 saturated heterocycles. The molecule has 0 saturated carbocycles. The Balaban J connectivity index is 2.31. The fourth-order valence-electron chi connectivity index (χ4n) is 1.86. The lowest BCUT2D eigenvalue weighted by Gasteiger charge is -2.25. The van der Waals surface area contributed by atoms with E-state index in [1.54, 1.807) is 0 Å². The molecule has 1 heterocycles. The van der Waals surface area contributed by atoms with Crippen LogP contribution in [0.5, 0.6) is 11.5 Å². The molecule has 0 unspecified atom stereocenters. The van der Waals surface area contributed by atoms with Gasteiger partial charge in [0.1, 0.15) is 13.2 Å². The minimum Gasteiger partial charge on any atom is -0.486 e. The van der Waals surface area contributed by atoms with Crippen LogP contribution in [0.25, 0.3) is 0 Å². The number of rotatable bonds is 3. The fourth-order valence-corrected chi connectivity index (χ4v) is 1.86. The monoisotopic (exact) mass is 223 g/mol. The van der Waals surface area contributed by atoms with Gasteiger partial charge in [0.15, 0.2) is 11.5 Å². The van der Waals surface area contributed by atoms with E-state index >= 15 is 0 Å². The van der Waals surface area contributed by atoms with Crippen molar-refractivity contribution in [3.8, 4) is 11.5 Å². The molecule has 1 N–H and O–H groups in total. The predicted molar refractivity (Wildman–Crippen MR) is 62.5 cm³/mol. The number of nitrogens with zero attached hydrogens (tertiary/aromatic N) is 1. The first-order valence-corrected chi connectivity index (χ1v) is 5.44. The van der Waals surface area contributed by atoms with E-state index in [1.165, 1.54) is 0 Å². The van der Waals surface area contributed by atoms with E-state index < -0.39 is 0 Å². The Kier molecular flexibility index (Phi) is 3.19. The number of benzene rings is 1. The van der Waals surface area contributed by atoms with Crippen LogP contribution in [-0.4, -0.2) is 38.5 Å². The van der Waals surface area contributed by atoms with Gasteiger partial charge in [-0.25, -0.2) is 0 Å². The molecule has 0 spiro atoms. The number of hydrogen-bond acceptors (Lipinski definition) is 4. The van der Waals surface area contributed by atoms with Crippen LogP contribution in [0.15, 0.2) is 12.1 Å². The van der Waals surface area contributed by atoms with Gasteiger partial charge in [-0.1, -0.05) is 0 Å². The lowest BCUT2D eigenvalue weighted by atomic mass is 10.1. The highest BCUT2D eigenvalue weighted by Crippen LogP contribution is 2.36. The Labute approximate surface area is 95.4 Å². The Morgan fingerprint density at radius 3 is 2.50 bits per heavy atom. The maximum atomic E-state index is 8.93. The molecule has 1 aromatic carbocycles. The van der Waals surface area contributed by atoms with Crippen molar-refractivity contribution in [2.75, 3.05) is 38.3 Å². The number of hydrogen-bond donors (Lipinski definition) is 1. The molecule has 0 aromatic heterocycles. The molecule has 16 heavy (non-hydrogen) atoms. The van der Waals surface area contributed by atoms with Gasteiger partial charge in [-0.05, 0) is 18.6 Å². The van der Waals surface area contributed by atoms with Crippen LogP contribution >= 0.6 is 0 Å². The summed E-state index contributed by atoms with van der Waals surface area (Å²) in [6.45, 7) is 3.99. The number of aliphatic hydroxyl groups excluding tert-OH is 1. The Hall–Kier alpha value is -1.42. The SMILES string of the molecule is Cc1cc2c(cc1N(C)CCO)OCCO2. The lowest BCUT2D eigenvalue weighted by molar-refractivity contribution is 0.171. The molecule has 4 nitrogen and oxygen atoms in total. The second kappa shape index (κ2) is 4.61. The van der Waals surface area contributed by atoms with E-state index in [0.29, 0.717) is 19.8 Å². The largest absolute Gasteiger partial charge is 0.486 e. The standard InChI is InChI=1S/C12H17NO3/c1-9-7-11-12(16-6-5-15-11)8-10(9)13(2)3-4-14/h7-8,14H,3-6H2,1-2H3. The van der Waals surface area contributed by atoms with Gasteiger partial charge < -0.3 is 19.5 Å². The molecular formula is C12H17NO3. The predicted octanol–water partition coefficient (Wildman–Crippen LogP) is 1.19. The van der Waals surface area contributed by atoms with Gasteiger partial charge in [0.25, 0.3) is 0 Å². The molecule has 1 aliphatic heterocycles. The van der Waals surface area contributed by atoms with Crippen molar-refractivity contribution in [2.45, 2.75) is 6.92 Å². The molecule has 0 fully saturated rings. The molecule has 4 heteroatoms. The van der Waals surface area contributed by atoms with Crippen LogP contribution in [0.2, 0.25) is 0 Å². The van der Waals surface area contributed by atoms with Crippen LogP contribution in [0.1, 0.15) is 5.56 Å². The number of anilines is 1. The second-order valence-corrected chi connectivity index (χ2v) is 3.93. The number of fused-ring (bicyclic) bond motifs is 1. The third-order valence-electron chi connectivity index (χ3n) is 2.71. The molecule has 0 aliphatic carbocycles. The first-order chi connectivity index (χ1) is 7.72. The number of aliphatic hydroxyl groups is 1. The van der Waals surface area contributed by atoms with Crippen molar-refractivity contribution >= 4 is 5.69 Å². The summed E-state index contributed by atoms with van der Waals surface area (Å²) in [5.41, 5.74) is 2.19. The van der Waals surface area contributed by atoms with Crippen LogP contribution in [0, 0.1) is 6.92 Å². The third-order valence-corrected chi connectivity index (χ3v) is 2.71. The zero-order valence-corrected chi connectivity index (χ0v) is 9.69. The second-order valence-electron chi connectivity index (χ2n) is 3.93. The van der Waals surface area contributed by atoms with Gasteiger partial charge >= 0.3 is 0 Å².